The Bertz CT molecular complexity index is 877. The Kier molecular flexibility index (Phi) is 3.39. The molecular weight excluding hydrogens is 320 g/mol. The Labute approximate surface area is 144 Å². The average Bonchev–Trinajstić information content (AvgIpc) is 3.41. The number of hydrogen-bond donors (Lipinski definition) is 1. The zero-order valence-corrected chi connectivity index (χ0v) is 13.6. The molecule has 2 saturated heterocycles. The highest BCUT2D eigenvalue weighted by Crippen LogP contribution is 2.40. The topological polar surface area (TPSA) is 90.9 Å². The Balaban J connectivity index is 1.56. The number of ether oxygens (including phenoxy) is 1. The largest absolute Gasteiger partial charge is 0.380 e. The molecule has 0 amide bonds. The molecule has 2 aliphatic rings. The van der Waals surface area contributed by atoms with E-state index in [0.717, 1.165) is 37.5 Å². The molecule has 0 aliphatic carbocycles. The quantitative estimate of drug-likeness (QED) is 0.767. The summed E-state index contributed by atoms with van der Waals surface area (Å²) in [6.45, 7) is 3.19. The zero-order valence-electron chi connectivity index (χ0n) is 13.6. The SMILES string of the molecule is c1cnc(-n2ccnc2)c(-c2noc([C@]34CNC[C@H]3CCOC4)n2)c1. The zero-order chi connectivity index (χ0) is 16.7. The third-order valence-corrected chi connectivity index (χ3v) is 5.21. The van der Waals surface area contributed by atoms with Crippen LogP contribution in [0.25, 0.3) is 17.2 Å². The fourth-order valence-corrected chi connectivity index (χ4v) is 3.85. The summed E-state index contributed by atoms with van der Waals surface area (Å²) in [7, 11) is 0. The number of fused-ring (bicyclic) bond motifs is 1. The van der Waals surface area contributed by atoms with Gasteiger partial charge < -0.3 is 14.6 Å². The summed E-state index contributed by atoms with van der Waals surface area (Å²) in [5.74, 6) is 2.39. The molecule has 0 unspecified atom stereocenters. The second kappa shape index (κ2) is 5.75. The van der Waals surface area contributed by atoms with Crippen molar-refractivity contribution in [2.45, 2.75) is 11.8 Å². The minimum Gasteiger partial charge on any atom is -0.380 e. The highest BCUT2D eigenvalue weighted by molar-refractivity contribution is 5.64. The van der Waals surface area contributed by atoms with Gasteiger partial charge in [-0.15, -0.1) is 0 Å². The molecule has 2 aliphatic heterocycles. The molecule has 8 nitrogen and oxygen atoms in total. The lowest BCUT2D eigenvalue weighted by Gasteiger charge is -2.34. The summed E-state index contributed by atoms with van der Waals surface area (Å²) in [5.41, 5.74) is 0.590. The van der Waals surface area contributed by atoms with Crippen molar-refractivity contribution in [3.05, 3.63) is 42.9 Å². The van der Waals surface area contributed by atoms with E-state index in [-0.39, 0.29) is 5.41 Å². The minimum atomic E-state index is -0.221. The smallest absolute Gasteiger partial charge is 0.237 e. The first-order chi connectivity index (χ1) is 12.4. The van der Waals surface area contributed by atoms with Crippen molar-refractivity contribution in [2.75, 3.05) is 26.3 Å². The first kappa shape index (κ1) is 14.7. The lowest BCUT2D eigenvalue weighted by molar-refractivity contribution is 0.00198. The lowest BCUT2D eigenvalue weighted by Crippen LogP contribution is -2.44. The predicted octanol–water partition coefficient (Wildman–Crippen LogP) is 1.19. The van der Waals surface area contributed by atoms with E-state index in [1.54, 1.807) is 18.7 Å². The van der Waals surface area contributed by atoms with Gasteiger partial charge in [0.2, 0.25) is 11.7 Å². The van der Waals surface area contributed by atoms with Gasteiger partial charge in [0.15, 0.2) is 0 Å². The molecule has 25 heavy (non-hydrogen) atoms. The maximum absolute atomic E-state index is 5.75. The molecular formula is C17H18N6O2. The number of nitrogens with zero attached hydrogens (tertiary/aromatic N) is 5. The molecule has 3 aromatic heterocycles. The lowest BCUT2D eigenvalue weighted by atomic mass is 9.75. The van der Waals surface area contributed by atoms with E-state index in [2.05, 4.69) is 20.4 Å². The maximum atomic E-state index is 5.75. The standard InChI is InChI=1S/C17H18N6O2/c1-2-13(15(20-4-1)23-6-5-18-11-23)14-21-16(25-22-14)17-9-19-8-12(17)3-7-24-10-17/h1-2,4-6,11-12,19H,3,7-10H2/t12-,17+/m1/s1. The van der Waals surface area contributed by atoms with Crippen LogP contribution < -0.4 is 5.32 Å². The molecule has 0 saturated carbocycles. The van der Waals surface area contributed by atoms with Crippen LogP contribution in [0.1, 0.15) is 12.3 Å². The molecule has 5 rings (SSSR count). The monoisotopic (exact) mass is 338 g/mol. The predicted molar refractivity (Wildman–Crippen MR) is 88.1 cm³/mol. The number of hydrogen-bond acceptors (Lipinski definition) is 7. The van der Waals surface area contributed by atoms with Crippen molar-refractivity contribution in [2.24, 2.45) is 5.92 Å². The van der Waals surface area contributed by atoms with Crippen LogP contribution in [0.3, 0.4) is 0 Å². The van der Waals surface area contributed by atoms with E-state index in [9.17, 15) is 0 Å². The van der Waals surface area contributed by atoms with Gasteiger partial charge in [-0.1, -0.05) is 5.16 Å². The molecule has 0 bridgehead atoms. The van der Waals surface area contributed by atoms with Crippen LogP contribution in [0.5, 0.6) is 0 Å². The van der Waals surface area contributed by atoms with Gasteiger partial charge in [0.1, 0.15) is 12.1 Å². The molecule has 8 heteroatoms. The van der Waals surface area contributed by atoms with Crippen LogP contribution in [0.4, 0.5) is 0 Å². The van der Waals surface area contributed by atoms with Crippen molar-refractivity contribution in [1.82, 2.24) is 30.0 Å². The van der Waals surface area contributed by atoms with Crippen molar-refractivity contribution in [3.8, 4) is 17.2 Å². The van der Waals surface area contributed by atoms with Crippen LogP contribution in [0.2, 0.25) is 0 Å². The molecule has 2 fully saturated rings. The second-order valence-electron chi connectivity index (χ2n) is 6.59. The summed E-state index contributed by atoms with van der Waals surface area (Å²) in [6.07, 6.45) is 8.02. The Hall–Kier alpha value is -2.58. The van der Waals surface area contributed by atoms with Crippen LogP contribution in [-0.2, 0) is 10.2 Å². The number of pyridine rings is 1. The molecule has 0 spiro atoms. The van der Waals surface area contributed by atoms with E-state index in [1.165, 1.54) is 0 Å². The van der Waals surface area contributed by atoms with Crippen molar-refractivity contribution in [1.29, 1.82) is 0 Å². The fourth-order valence-electron chi connectivity index (χ4n) is 3.85. The molecule has 0 radical (unpaired) electrons. The third-order valence-electron chi connectivity index (χ3n) is 5.21. The number of nitrogens with one attached hydrogen (secondary N) is 1. The van der Waals surface area contributed by atoms with Gasteiger partial charge in [-0.3, -0.25) is 4.57 Å². The van der Waals surface area contributed by atoms with E-state index < -0.39 is 0 Å². The summed E-state index contributed by atoms with van der Waals surface area (Å²) in [4.78, 5) is 13.3. The third kappa shape index (κ3) is 2.29. The molecule has 2 atom stereocenters. The first-order valence-electron chi connectivity index (χ1n) is 8.43. The molecule has 5 heterocycles. The van der Waals surface area contributed by atoms with Gasteiger partial charge in [0, 0.05) is 31.7 Å². The van der Waals surface area contributed by atoms with E-state index in [4.69, 9.17) is 14.2 Å². The summed E-state index contributed by atoms with van der Waals surface area (Å²) in [5, 5.41) is 7.70. The van der Waals surface area contributed by atoms with Crippen LogP contribution in [0, 0.1) is 5.92 Å². The van der Waals surface area contributed by atoms with Gasteiger partial charge in [-0.25, -0.2) is 9.97 Å². The van der Waals surface area contributed by atoms with E-state index in [1.807, 2.05) is 22.9 Å². The van der Waals surface area contributed by atoms with Crippen LogP contribution in [-0.4, -0.2) is 51.0 Å². The second-order valence-corrected chi connectivity index (χ2v) is 6.59. The highest BCUT2D eigenvalue weighted by Gasteiger charge is 2.50. The van der Waals surface area contributed by atoms with Crippen LogP contribution in [0.15, 0.2) is 41.6 Å². The Morgan fingerprint density at radius 1 is 1.32 bits per heavy atom. The minimum absolute atomic E-state index is 0.221. The van der Waals surface area contributed by atoms with Gasteiger partial charge in [-0.05, 0) is 31.0 Å². The molecule has 1 N–H and O–H groups in total. The van der Waals surface area contributed by atoms with E-state index in [0.29, 0.717) is 24.2 Å². The Morgan fingerprint density at radius 2 is 2.32 bits per heavy atom. The Morgan fingerprint density at radius 3 is 3.24 bits per heavy atom. The van der Waals surface area contributed by atoms with Crippen molar-refractivity contribution < 1.29 is 9.26 Å². The normalized spacial score (nSPS) is 25.8. The number of rotatable bonds is 3. The molecule has 3 aromatic rings. The molecule has 128 valence electrons. The average molecular weight is 338 g/mol. The van der Waals surface area contributed by atoms with Crippen molar-refractivity contribution >= 4 is 0 Å². The van der Waals surface area contributed by atoms with E-state index >= 15 is 0 Å². The van der Waals surface area contributed by atoms with Gasteiger partial charge in [0.05, 0.1) is 17.6 Å². The van der Waals surface area contributed by atoms with Crippen LogP contribution >= 0.6 is 0 Å². The summed E-state index contributed by atoms with van der Waals surface area (Å²) >= 11 is 0. The number of aromatic nitrogens is 5. The van der Waals surface area contributed by atoms with Gasteiger partial charge >= 0.3 is 0 Å². The maximum Gasteiger partial charge on any atom is 0.237 e. The van der Waals surface area contributed by atoms with Gasteiger partial charge in [-0.2, -0.15) is 4.98 Å². The first-order valence-corrected chi connectivity index (χ1v) is 8.43. The summed E-state index contributed by atoms with van der Waals surface area (Å²) in [6, 6.07) is 3.81. The number of imidazole rings is 1. The van der Waals surface area contributed by atoms with Gasteiger partial charge in [0.25, 0.3) is 0 Å². The molecule has 0 aromatic carbocycles. The fraction of sp³-hybridized carbons (Fsp3) is 0.412. The van der Waals surface area contributed by atoms with Crippen molar-refractivity contribution in [3.63, 3.8) is 0 Å². The highest BCUT2D eigenvalue weighted by atomic mass is 16.5. The summed E-state index contributed by atoms with van der Waals surface area (Å²) < 4.78 is 13.3.